The lowest BCUT2D eigenvalue weighted by Gasteiger charge is -2.36. The quantitative estimate of drug-likeness (QED) is 0.912. The molecule has 0 radical (unpaired) electrons. The van der Waals surface area contributed by atoms with E-state index in [-0.39, 0.29) is 6.04 Å². The second-order valence-electron chi connectivity index (χ2n) is 5.11. The molecule has 96 valence electrons. The van der Waals surface area contributed by atoms with Crippen molar-refractivity contribution < 1.29 is 4.74 Å². The van der Waals surface area contributed by atoms with Crippen molar-refractivity contribution in [2.45, 2.75) is 31.2 Å². The average molecular weight is 265 g/mol. The number of nitrogens with zero attached hydrogens (tertiary/aromatic N) is 1. The van der Waals surface area contributed by atoms with E-state index >= 15 is 0 Å². The number of hydrogen-bond acceptors (Lipinski definition) is 3. The van der Waals surface area contributed by atoms with Crippen molar-refractivity contribution in [3.8, 4) is 0 Å². The third kappa shape index (κ3) is 2.19. The number of rotatable bonds is 3. The first kappa shape index (κ1) is 11.8. The number of halogens is 1. The summed E-state index contributed by atoms with van der Waals surface area (Å²) in [7, 11) is 0. The van der Waals surface area contributed by atoms with E-state index in [0.29, 0.717) is 24.5 Å². The van der Waals surface area contributed by atoms with Crippen LogP contribution in [-0.2, 0) is 4.74 Å². The summed E-state index contributed by atoms with van der Waals surface area (Å²) in [5, 5.41) is 0.775. The Bertz CT molecular complexity index is 453. The van der Waals surface area contributed by atoms with E-state index in [1.165, 1.54) is 24.8 Å². The van der Waals surface area contributed by atoms with Crippen LogP contribution >= 0.6 is 11.6 Å². The zero-order valence-corrected chi connectivity index (χ0v) is 10.9. The lowest BCUT2D eigenvalue weighted by atomic mass is 9.70. The van der Waals surface area contributed by atoms with Crippen molar-refractivity contribution in [3.63, 3.8) is 0 Å². The van der Waals surface area contributed by atoms with Crippen molar-refractivity contribution >= 4 is 17.6 Å². The second kappa shape index (κ2) is 4.81. The van der Waals surface area contributed by atoms with Gasteiger partial charge in [-0.3, -0.25) is 0 Å². The van der Waals surface area contributed by atoms with Gasteiger partial charge in [0.1, 0.15) is 6.61 Å². The van der Waals surface area contributed by atoms with E-state index in [2.05, 4.69) is 17.1 Å². The maximum Gasteiger partial charge on any atom is 0.282 e. The van der Waals surface area contributed by atoms with Gasteiger partial charge in [-0.1, -0.05) is 30.2 Å². The molecule has 1 unspecified atom stereocenters. The minimum Gasteiger partial charge on any atom is -0.463 e. The number of hydrogen-bond donors (Lipinski definition) is 1. The van der Waals surface area contributed by atoms with Gasteiger partial charge in [0, 0.05) is 10.9 Å². The van der Waals surface area contributed by atoms with Crippen molar-refractivity contribution in [2.24, 2.45) is 16.6 Å². The van der Waals surface area contributed by atoms with Gasteiger partial charge in [-0.05, 0) is 36.5 Å². The molecule has 1 heterocycles. The second-order valence-corrected chi connectivity index (χ2v) is 5.55. The Hall–Kier alpha value is -1.22. The van der Waals surface area contributed by atoms with Crippen LogP contribution in [0.15, 0.2) is 29.3 Å². The number of aliphatic imine (C=N–C) groups is 1. The molecule has 1 aromatic carbocycles. The summed E-state index contributed by atoms with van der Waals surface area (Å²) in [6.45, 7) is 0.607. The highest BCUT2D eigenvalue weighted by atomic mass is 35.5. The molecule has 18 heavy (non-hydrogen) atoms. The van der Waals surface area contributed by atoms with Crippen LogP contribution in [0.4, 0.5) is 0 Å². The average Bonchev–Trinajstić information content (AvgIpc) is 2.71. The first-order valence-corrected chi connectivity index (χ1v) is 6.83. The largest absolute Gasteiger partial charge is 0.463 e. The van der Waals surface area contributed by atoms with Crippen molar-refractivity contribution in [1.82, 2.24) is 0 Å². The molecule has 0 bridgehead atoms. The standard InChI is InChI=1S/C14H17ClN2O/c15-11-6-4-10(5-7-11)13(9-2-1-3-9)12-8-18-14(16)17-12/h4-7,9,12-13H,1-3,8H2,(H2,16,17)/t12-,13?/m1/s1. The number of amidine groups is 1. The summed E-state index contributed by atoms with van der Waals surface area (Å²) < 4.78 is 5.31. The van der Waals surface area contributed by atoms with Gasteiger partial charge in [0.2, 0.25) is 0 Å². The smallest absolute Gasteiger partial charge is 0.282 e. The van der Waals surface area contributed by atoms with Crippen LogP contribution in [0.3, 0.4) is 0 Å². The molecule has 2 atom stereocenters. The Balaban J connectivity index is 1.87. The number of ether oxygens (including phenoxy) is 1. The number of nitrogens with two attached hydrogens (primary N) is 1. The minimum absolute atomic E-state index is 0.163. The molecular formula is C14H17ClN2O. The van der Waals surface area contributed by atoms with Crippen LogP contribution < -0.4 is 5.73 Å². The molecule has 1 aromatic rings. The highest BCUT2D eigenvalue weighted by molar-refractivity contribution is 6.30. The van der Waals surface area contributed by atoms with E-state index in [4.69, 9.17) is 22.1 Å². The first-order chi connectivity index (χ1) is 8.74. The summed E-state index contributed by atoms with van der Waals surface area (Å²) >= 11 is 5.95. The third-order valence-electron chi connectivity index (χ3n) is 4.02. The summed E-state index contributed by atoms with van der Waals surface area (Å²) in [5.74, 6) is 1.12. The van der Waals surface area contributed by atoms with E-state index in [9.17, 15) is 0 Å². The van der Waals surface area contributed by atoms with Gasteiger partial charge in [-0.15, -0.1) is 0 Å². The molecule has 1 saturated carbocycles. The van der Waals surface area contributed by atoms with Crippen LogP contribution in [0.2, 0.25) is 5.02 Å². The van der Waals surface area contributed by atoms with Crippen molar-refractivity contribution in [3.05, 3.63) is 34.9 Å². The molecule has 0 spiro atoms. The SMILES string of the molecule is NC1=N[C@@H](C(c2ccc(Cl)cc2)C2CCC2)CO1. The fourth-order valence-electron chi connectivity index (χ4n) is 2.89. The van der Waals surface area contributed by atoms with Gasteiger partial charge in [0.15, 0.2) is 0 Å². The lowest BCUT2D eigenvalue weighted by molar-refractivity contribution is 0.209. The van der Waals surface area contributed by atoms with E-state index in [1.807, 2.05) is 12.1 Å². The number of benzene rings is 1. The molecule has 3 nitrogen and oxygen atoms in total. The lowest BCUT2D eigenvalue weighted by Crippen LogP contribution is -2.30. The molecule has 2 N–H and O–H groups in total. The zero-order valence-electron chi connectivity index (χ0n) is 10.2. The molecule has 0 saturated heterocycles. The molecule has 3 rings (SSSR count). The van der Waals surface area contributed by atoms with E-state index in [0.717, 1.165) is 5.02 Å². The van der Waals surface area contributed by atoms with E-state index in [1.54, 1.807) is 0 Å². The normalized spacial score (nSPS) is 25.2. The third-order valence-corrected chi connectivity index (χ3v) is 4.27. The van der Waals surface area contributed by atoms with Crippen LogP contribution in [0.1, 0.15) is 30.7 Å². The summed E-state index contributed by atoms with van der Waals surface area (Å²) in [6.07, 6.45) is 3.87. The summed E-state index contributed by atoms with van der Waals surface area (Å²) in [6, 6.07) is 8.61. The van der Waals surface area contributed by atoms with Crippen LogP contribution in [0.25, 0.3) is 0 Å². The Morgan fingerprint density at radius 1 is 1.28 bits per heavy atom. The Labute approximate surface area is 112 Å². The fraction of sp³-hybridized carbons (Fsp3) is 0.500. The summed E-state index contributed by atoms with van der Waals surface area (Å²) in [4.78, 5) is 4.43. The van der Waals surface area contributed by atoms with Gasteiger partial charge in [0.25, 0.3) is 6.02 Å². The Morgan fingerprint density at radius 3 is 2.50 bits per heavy atom. The molecule has 1 aliphatic carbocycles. The molecular weight excluding hydrogens is 248 g/mol. The van der Waals surface area contributed by atoms with Gasteiger partial charge in [-0.2, -0.15) is 0 Å². The van der Waals surface area contributed by atoms with Gasteiger partial charge in [0.05, 0.1) is 6.04 Å². The first-order valence-electron chi connectivity index (χ1n) is 6.45. The zero-order chi connectivity index (χ0) is 12.5. The maximum atomic E-state index is 5.95. The van der Waals surface area contributed by atoms with Gasteiger partial charge < -0.3 is 10.5 Å². The van der Waals surface area contributed by atoms with Crippen LogP contribution in [0.5, 0.6) is 0 Å². The van der Waals surface area contributed by atoms with Crippen molar-refractivity contribution in [2.75, 3.05) is 6.61 Å². The van der Waals surface area contributed by atoms with Gasteiger partial charge >= 0.3 is 0 Å². The Morgan fingerprint density at radius 2 is 2.00 bits per heavy atom. The van der Waals surface area contributed by atoms with Crippen LogP contribution in [0, 0.1) is 5.92 Å². The molecule has 2 aliphatic rings. The molecule has 1 aliphatic heterocycles. The van der Waals surface area contributed by atoms with Gasteiger partial charge in [-0.25, -0.2) is 4.99 Å². The maximum absolute atomic E-state index is 5.95. The Kier molecular flexibility index (Phi) is 3.16. The predicted octanol–water partition coefficient (Wildman–Crippen LogP) is 2.94. The predicted molar refractivity (Wildman–Crippen MR) is 72.9 cm³/mol. The molecule has 0 amide bonds. The monoisotopic (exact) mass is 264 g/mol. The fourth-order valence-corrected chi connectivity index (χ4v) is 3.01. The van der Waals surface area contributed by atoms with E-state index < -0.39 is 0 Å². The molecule has 1 fully saturated rings. The highest BCUT2D eigenvalue weighted by Gasteiger charge is 2.36. The minimum atomic E-state index is 0.163. The molecule has 4 heteroatoms. The highest BCUT2D eigenvalue weighted by Crippen LogP contribution is 2.43. The van der Waals surface area contributed by atoms with Crippen LogP contribution in [-0.4, -0.2) is 18.7 Å². The summed E-state index contributed by atoms with van der Waals surface area (Å²) in [5.41, 5.74) is 6.93. The topological polar surface area (TPSA) is 47.6 Å². The van der Waals surface area contributed by atoms with Crippen molar-refractivity contribution in [1.29, 1.82) is 0 Å². The molecule has 0 aromatic heterocycles.